The molecule has 0 bridgehead atoms. The van der Waals surface area contributed by atoms with Crippen molar-refractivity contribution in [2.75, 3.05) is 32.9 Å². The standard InChI is InChI=1S/C22H20F3NO5/c23-22(24,25)31-19-6-1-16(2-7-19)3-10-20(27)17-4-8-18(9-5-17)30-15-21(28)26-11-13-29-14-12-26/h1-10H,11-15H2/b10-3+. The molecule has 3 rings (SSSR count). The Balaban J connectivity index is 1.51. The third-order valence-corrected chi connectivity index (χ3v) is 4.41. The SMILES string of the molecule is O=C(/C=C/c1ccc(OC(F)(F)F)cc1)c1ccc(OCC(=O)N2CCOCC2)cc1. The van der Waals surface area contributed by atoms with E-state index >= 15 is 0 Å². The van der Waals surface area contributed by atoms with Gasteiger partial charge in [0.15, 0.2) is 12.4 Å². The molecule has 0 atom stereocenters. The zero-order chi connectivity index (χ0) is 22.3. The van der Waals surface area contributed by atoms with Gasteiger partial charge in [-0.15, -0.1) is 13.2 Å². The van der Waals surface area contributed by atoms with Crippen molar-refractivity contribution in [2.24, 2.45) is 0 Å². The van der Waals surface area contributed by atoms with Gasteiger partial charge in [0.05, 0.1) is 13.2 Å². The first-order valence-electron chi connectivity index (χ1n) is 9.47. The number of ether oxygens (including phenoxy) is 3. The van der Waals surface area contributed by atoms with Crippen molar-refractivity contribution in [3.8, 4) is 11.5 Å². The van der Waals surface area contributed by atoms with E-state index in [4.69, 9.17) is 9.47 Å². The normalized spacial score (nSPS) is 14.5. The van der Waals surface area contributed by atoms with Crippen LogP contribution >= 0.6 is 0 Å². The van der Waals surface area contributed by atoms with Crippen LogP contribution in [0.3, 0.4) is 0 Å². The van der Waals surface area contributed by atoms with Crippen LogP contribution in [0.15, 0.2) is 54.6 Å². The molecule has 0 radical (unpaired) electrons. The summed E-state index contributed by atoms with van der Waals surface area (Å²) in [6.45, 7) is 2.02. The van der Waals surface area contributed by atoms with Crippen molar-refractivity contribution in [1.82, 2.24) is 4.90 Å². The summed E-state index contributed by atoms with van der Waals surface area (Å²) in [5.41, 5.74) is 0.949. The number of carbonyl (C=O) groups is 2. The number of carbonyl (C=O) groups excluding carboxylic acids is 2. The number of alkyl halides is 3. The molecular formula is C22H20F3NO5. The number of benzene rings is 2. The molecule has 9 heteroatoms. The molecule has 164 valence electrons. The summed E-state index contributed by atoms with van der Waals surface area (Å²) < 4.78 is 51.0. The van der Waals surface area contributed by atoms with Crippen LogP contribution < -0.4 is 9.47 Å². The molecule has 0 unspecified atom stereocenters. The van der Waals surface area contributed by atoms with Crippen molar-refractivity contribution in [3.63, 3.8) is 0 Å². The second kappa shape index (κ2) is 10.1. The van der Waals surface area contributed by atoms with Gasteiger partial charge < -0.3 is 19.1 Å². The van der Waals surface area contributed by atoms with Crippen LogP contribution in [-0.2, 0) is 9.53 Å². The smallest absolute Gasteiger partial charge is 0.484 e. The molecule has 0 saturated carbocycles. The van der Waals surface area contributed by atoms with Gasteiger partial charge in [0, 0.05) is 18.7 Å². The van der Waals surface area contributed by atoms with E-state index < -0.39 is 6.36 Å². The number of amides is 1. The molecule has 1 heterocycles. The number of hydrogen-bond acceptors (Lipinski definition) is 5. The number of ketones is 1. The first-order valence-corrected chi connectivity index (χ1v) is 9.47. The number of halogens is 3. The summed E-state index contributed by atoms with van der Waals surface area (Å²) in [5, 5.41) is 0. The van der Waals surface area contributed by atoms with Gasteiger partial charge in [-0.3, -0.25) is 9.59 Å². The van der Waals surface area contributed by atoms with E-state index in [1.807, 2.05) is 0 Å². The average molecular weight is 435 g/mol. The summed E-state index contributed by atoms with van der Waals surface area (Å²) in [6, 6.07) is 11.5. The van der Waals surface area contributed by atoms with Crippen LogP contribution in [0.5, 0.6) is 11.5 Å². The maximum Gasteiger partial charge on any atom is 0.573 e. The molecule has 1 fully saturated rings. The van der Waals surface area contributed by atoms with Gasteiger partial charge in [-0.1, -0.05) is 18.2 Å². The first-order chi connectivity index (χ1) is 14.8. The van der Waals surface area contributed by atoms with Crippen LogP contribution in [-0.4, -0.2) is 55.9 Å². The van der Waals surface area contributed by atoms with Crippen molar-refractivity contribution < 1.29 is 37.0 Å². The second-order valence-corrected chi connectivity index (χ2v) is 6.62. The largest absolute Gasteiger partial charge is 0.573 e. The van der Waals surface area contributed by atoms with Gasteiger partial charge in [0.25, 0.3) is 5.91 Å². The Labute approximate surface area is 176 Å². The molecule has 1 saturated heterocycles. The molecule has 1 aliphatic rings. The summed E-state index contributed by atoms with van der Waals surface area (Å²) in [5.74, 6) is -0.286. The quantitative estimate of drug-likeness (QED) is 0.490. The predicted molar refractivity (Wildman–Crippen MR) is 106 cm³/mol. The Bertz CT molecular complexity index is 918. The fraction of sp³-hybridized carbons (Fsp3) is 0.273. The van der Waals surface area contributed by atoms with Crippen molar-refractivity contribution >= 4 is 17.8 Å². The Morgan fingerprint density at radius 2 is 1.58 bits per heavy atom. The Kier molecular flexibility index (Phi) is 7.30. The minimum Gasteiger partial charge on any atom is -0.484 e. The minimum atomic E-state index is -4.75. The monoisotopic (exact) mass is 435 g/mol. The van der Waals surface area contributed by atoms with Crippen LogP contribution in [0.25, 0.3) is 6.08 Å². The zero-order valence-corrected chi connectivity index (χ0v) is 16.4. The van der Waals surface area contributed by atoms with Gasteiger partial charge >= 0.3 is 6.36 Å². The summed E-state index contributed by atoms with van der Waals surface area (Å²) >= 11 is 0. The zero-order valence-electron chi connectivity index (χ0n) is 16.4. The molecule has 0 aliphatic carbocycles. The van der Waals surface area contributed by atoms with Crippen molar-refractivity contribution in [1.29, 1.82) is 0 Å². The number of hydrogen-bond donors (Lipinski definition) is 0. The number of rotatable bonds is 7. The molecule has 2 aromatic rings. The number of allylic oxidation sites excluding steroid dienone is 1. The van der Waals surface area contributed by atoms with E-state index in [2.05, 4.69) is 4.74 Å². The summed E-state index contributed by atoms with van der Waals surface area (Å²) in [7, 11) is 0. The second-order valence-electron chi connectivity index (χ2n) is 6.62. The lowest BCUT2D eigenvalue weighted by atomic mass is 10.1. The highest BCUT2D eigenvalue weighted by atomic mass is 19.4. The third kappa shape index (κ3) is 7.14. The molecule has 1 aliphatic heterocycles. The predicted octanol–water partition coefficient (Wildman–Crippen LogP) is 3.72. The van der Waals surface area contributed by atoms with Gasteiger partial charge in [0.2, 0.25) is 0 Å². The van der Waals surface area contributed by atoms with E-state index in [0.717, 1.165) is 0 Å². The maximum atomic E-state index is 12.3. The molecule has 31 heavy (non-hydrogen) atoms. The van der Waals surface area contributed by atoms with E-state index in [1.54, 1.807) is 29.2 Å². The highest BCUT2D eigenvalue weighted by Crippen LogP contribution is 2.23. The Morgan fingerprint density at radius 1 is 0.968 bits per heavy atom. The van der Waals surface area contributed by atoms with Crippen molar-refractivity contribution in [3.05, 3.63) is 65.7 Å². The Morgan fingerprint density at radius 3 is 2.19 bits per heavy atom. The molecule has 1 amide bonds. The van der Waals surface area contributed by atoms with Crippen LogP contribution in [0.1, 0.15) is 15.9 Å². The maximum absolute atomic E-state index is 12.3. The van der Waals surface area contributed by atoms with E-state index in [1.165, 1.54) is 36.4 Å². The number of morpholine rings is 1. The Hall–Kier alpha value is -3.33. The highest BCUT2D eigenvalue weighted by Gasteiger charge is 2.30. The molecule has 0 N–H and O–H groups in total. The van der Waals surface area contributed by atoms with Gasteiger partial charge in [-0.2, -0.15) is 0 Å². The lowest BCUT2D eigenvalue weighted by molar-refractivity contribution is -0.274. The van der Waals surface area contributed by atoms with E-state index in [9.17, 15) is 22.8 Å². The van der Waals surface area contributed by atoms with E-state index in [0.29, 0.717) is 43.2 Å². The van der Waals surface area contributed by atoms with Gasteiger partial charge in [-0.25, -0.2) is 0 Å². The fourth-order valence-electron chi connectivity index (χ4n) is 2.81. The minimum absolute atomic E-state index is 0.0960. The summed E-state index contributed by atoms with van der Waals surface area (Å²) in [4.78, 5) is 26.0. The van der Waals surface area contributed by atoms with Gasteiger partial charge in [-0.05, 0) is 48.0 Å². The molecule has 6 nitrogen and oxygen atoms in total. The molecule has 0 spiro atoms. The summed E-state index contributed by atoms with van der Waals surface area (Å²) in [6.07, 6.45) is -1.94. The topological polar surface area (TPSA) is 65.1 Å². The third-order valence-electron chi connectivity index (χ3n) is 4.41. The van der Waals surface area contributed by atoms with Crippen LogP contribution in [0.2, 0.25) is 0 Å². The van der Waals surface area contributed by atoms with Crippen LogP contribution in [0.4, 0.5) is 13.2 Å². The lowest BCUT2D eigenvalue weighted by Gasteiger charge is -2.26. The molecular weight excluding hydrogens is 415 g/mol. The van der Waals surface area contributed by atoms with E-state index in [-0.39, 0.29) is 24.0 Å². The average Bonchev–Trinajstić information content (AvgIpc) is 2.76. The highest BCUT2D eigenvalue weighted by molar-refractivity contribution is 6.06. The molecule has 2 aromatic carbocycles. The fourth-order valence-corrected chi connectivity index (χ4v) is 2.81. The van der Waals surface area contributed by atoms with Gasteiger partial charge in [0.1, 0.15) is 11.5 Å². The molecule has 0 aromatic heterocycles. The van der Waals surface area contributed by atoms with Crippen LogP contribution in [0, 0.1) is 0 Å². The van der Waals surface area contributed by atoms with Crippen molar-refractivity contribution in [2.45, 2.75) is 6.36 Å². The first kappa shape index (κ1) is 22.4. The lowest BCUT2D eigenvalue weighted by Crippen LogP contribution is -2.42. The number of nitrogens with zero attached hydrogens (tertiary/aromatic N) is 1.